The van der Waals surface area contributed by atoms with Crippen LogP contribution >= 0.6 is 22.9 Å². The molecule has 0 aliphatic carbocycles. The fraction of sp³-hybridized carbons (Fsp3) is 0.412. The van der Waals surface area contributed by atoms with Crippen LogP contribution in [0.2, 0.25) is 5.02 Å². The van der Waals surface area contributed by atoms with Crippen molar-refractivity contribution < 1.29 is 19.4 Å². The number of nitrogens with zero attached hydrogens (tertiary/aromatic N) is 3. The van der Waals surface area contributed by atoms with Gasteiger partial charge in [-0.25, -0.2) is 9.78 Å². The van der Waals surface area contributed by atoms with Crippen LogP contribution in [-0.2, 0) is 4.74 Å². The number of piperidine rings is 1. The third-order valence-corrected chi connectivity index (χ3v) is 6.12. The maximum Gasteiger partial charge on any atom is 0.347 e. The summed E-state index contributed by atoms with van der Waals surface area (Å²) >= 11 is 7.15. The largest absolute Gasteiger partial charge is 0.477 e. The first-order valence-corrected chi connectivity index (χ1v) is 9.61. The predicted octanol–water partition coefficient (Wildman–Crippen LogP) is 2.03. The van der Waals surface area contributed by atoms with E-state index < -0.39 is 11.9 Å². The van der Waals surface area contributed by atoms with Crippen molar-refractivity contribution in [3.8, 4) is 6.07 Å². The topological polar surface area (TPSA) is 131 Å². The second kappa shape index (κ2) is 8.18. The molecule has 28 heavy (non-hydrogen) atoms. The van der Waals surface area contributed by atoms with E-state index in [-0.39, 0.29) is 33.3 Å². The molecule has 1 saturated heterocycles. The van der Waals surface area contributed by atoms with Crippen molar-refractivity contribution in [2.24, 2.45) is 0 Å². The average molecular weight is 424 g/mol. The zero-order chi connectivity index (χ0) is 20.4. The van der Waals surface area contributed by atoms with Gasteiger partial charge in [0.15, 0.2) is 5.13 Å². The molecule has 0 unspecified atom stereocenters. The lowest BCUT2D eigenvalue weighted by Crippen LogP contribution is -2.55. The maximum atomic E-state index is 12.7. The van der Waals surface area contributed by atoms with Crippen LogP contribution in [0.3, 0.4) is 0 Å². The summed E-state index contributed by atoms with van der Waals surface area (Å²) < 4.78 is 5.53. The van der Waals surface area contributed by atoms with E-state index in [2.05, 4.69) is 15.3 Å². The highest BCUT2D eigenvalue weighted by Gasteiger charge is 2.33. The number of aromatic nitrogens is 2. The minimum absolute atomic E-state index is 0.118. The zero-order valence-corrected chi connectivity index (χ0v) is 16.7. The van der Waals surface area contributed by atoms with Gasteiger partial charge in [0, 0.05) is 25.9 Å². The van der Waals surface area contributed by atoms with E-state index in [1.807, 2.05) is 11.0 Å². The molecule has 2 atom stereocenters. The third kappa shape index (κ3) is 3.82. The number of ether oxygens (including phenoxy) is 1. The van der Waals surface area contributed by atoms with Crippen LogP contribution in [0.1, 0.15) is 37.8 Å². The van der Waals surface area contributed by atoms with Gasteiger partial charge in [0.1, 0.15) is 22.2 Å². The Morgan fingerprint density at radius 2 is 2.32 bits per heavy atom. The monoisotopic (exact) mass is 423 g/mol. The van der Waals surface area contributed by atoms with E-state index in [0.29, 0.717) is 30.3 Å². The number of hydrogen-bond acceptors (Lipinski definition) is 7. The lowest BCUT2D eigenvalue weighted by Gasteiger charge is -2.37. The van der Waals surface area contributed by atoms with Gasteiger partial charge in [-0.2, -0.15) is 5.26 Å². The van der Waals surface area contributed by atoms with Crippen molar-refractivity contribution in [1.82, 2.24) is 15.3 Å². The Morgan fingerprint density at radius 3 is 2.93 bits per heavy atom. The van der Waals surface area contributed by atoms with E-state index in [0.717, 1.165) is 11.3 Å². The SMILES string of the molecule is CO[C@H]1CN(c2ncc(C(=O)O)s2)CC[C@H]1NC(=O)c1[nH]c(C)c(Cl)c1C#N. The molecule has 1 fully saturated rings. The minimum atomic E-state index is -1.01. The molecule has 3 N–H and O–H groups in total. The van der Waals surface area contributed by atoms with Crippen LogP contribution in [0.25, 0.3) is 0 Å². The van der Waals surface area contributed by atoms with Crippen LogP contribution in [-0.4, -0.2) is 59.3 Å². The smallest absolute Gasteiger partial charge is 0.347 e. The Balaban J connectivity index is 1.71. The number of aromatic amines is 1. The van der Waals surface area contributed by atoms with Gasteiger partial charge in [-0.05, 0) is 13.3 Å². The van der Waals surface area contributed by atoms with E-state index >= 15 is 0 Å². The van der Waals surface area contributed by atoms with Crippen LogP contribution in [0.15, 0.2) is 6.20 Å². The summed E-state index contributed by atoms with van der Waals surface area (Å²) in [5.41, 5.74) is 0.805. The van der Waals surface area contributed by atoms with Crippen molar-refractivity contribution in [2.45, 2.75) is 25.5 Å². The number of nitriles is 1. The summed E-state index contributed by atoms with van der Waals surface area (Å²) in [5.74, 6) is -1.43. The molecule has 0 radical (unpaired) electrons. The van der Waals surface area contributed by atoms with Crippen LogP contribution in [0.4, 0.5) is 5.13 Å². The minimum Gasteiger partial charge on any atom is -0.477 e. The predicted molar refractivity (Wildman–Crippen MR) is 103 cm³/mol. The van der Waals surface area contributed by atoms with Gasteiger partial charge in [-0.1, -0.05) is 22.9 Å². The van der Waals surface area contributed by atoms with Crippen molar-refractivity contribution >= 4 is 39.9 Å². The standard InChI is InChI=1S/C17H18ClN5O4S/c1-8-13(18)9(5-19)14(21-8)15(24)22-10-3-4-23(7-11(10)27-2)17-20-6-12(28-17)16(25)26/h6,10-11,21H,3-4,7H2,1-2H3,(H,22,24)(H,25,26)/t10-,11+/m1/s1. The first-order chi connectivity index (χ1) is 13.3. The van der Waals surface area contributed by atoms with E-state index in [4.69, 9.17) is 21.4 Å². The number of amides is 1. The van der Waals surface area contributed by atoms with Crippen LogP contribution < -0.4 is 10.2 Å². The molecular formula is C17H18ClN5O4S. The number of hydrogen-bond donors (Lipinski definition) is 3. The van der Waals surface area contributed by atoms with Gasteiger partial charge in [-0.15, -0.1) is 0 Å². The normalized spacial score (nSPS) is 19.3. The Hall–Kier alpha value is -2.61. The molecule has 1 amide bonds. The number of methoxy groups -OCH3 is 1. The van der Waals surface area contributed by atoms with Gasteiger partial charge in [0.2, 0.25) is 0 Å². The summed E-state index contributed by atoms with van der Waals surface area (Å²) in [6.07, 6.45) is 1.58. The molecule has 3 rings (SSSR count). The third-order valence-electron chi connectivity index (χ3n) is 4.60. The number of H-pyrrole nitrogens is 1. The number of carbonyl (C=O) groups is 2. The van der Waals surface area contributed by atoms with Gasteiger partial charge >= 0.3 is 5.97 Å². The molecule has 0 bridgehead atoms. The lowest BCUT2D eigenvalue weighted by atomic mass is 10.0. The molecule has 3 heterocycles. The summed E-state index contributed by atoms with van der Waals surface area (Å²) in [4.78, 5) is 32.8. The first-order valence-electron chi connectivity index (χ1n) is 8.41. The Morgan fingerprint density at radius 1 is 1.57 bits per heavy atom. The van der Waals surface area contributed by atoms with Gasteiger partial charge in [-0.3, -0.25) is 4.79 Å². The molecule has 9 nitrogen and oxygen atoms in total. The summed E-state index contributed by atoms with van der Waals surface area (Å²) in [6, 6.07) is 1.67. The molecule has 11 heteroatoms. The van der Waals surface area contributed by atoms with Gasteiger partial charge < -0.3 is 25.0 Å². The number of carboxylic acid groups (broad SMARTS) is 1. The Labute approximate surface area is 169 Å². The zero-order valence-electron chi connectivity index (χ0n) is 15.2. The van der Waals surface area contributed by atoms with Crippen molar-refractivity contribution in [3.05, 3.63) is 33.0 Å². The number of thiazole rings is 1. The molecule has 0 spiro atoms. The number of anilines is 1. The molecule has 148 valence electrons. The molecular weight excluding hydrogens is 406 g/mol. The van der Waals surface area contributed by atoms with Crippen molar-refractivity contribution in [3.63, 3.8) is 0 Å². The quantitative estimate of drug-likeness (QED) is 0.670. The highest BCUT2D eigenvalue weighted by atomic mass is 35.5. The van der Waals surface area contributed by atoms with Gasteiger partial charge in [0.05, 0.1) is 23.4 Å². The number of aryl methyl sites for hydroxylation is 1. The molecule has 2 aromatic rings. The maximum absolute atomic E-state index is 12.7. The molecule has 0 aromatic carbocycles. The van der Waals surface area contributed by atoms with Crippen molar-refractivity contribution in [1.29, 1.82) is 5.26 Å². The summed E-state index contributed by atoms with van der Waals surface area (Å²) in [5, 5.41) is 22.0. The second-order valence-corrected chi connectivity index (χ2v) is 7.71. The molecule has 1 aliphatic rings. The first kappa shape index (κ1) is 20.1. The fourth-order valence-corrected chi connectivity index (χ4v) is 4.10. The van der Waals surface area contributed by atoms with E-state index in [1.165, 1.54) is 6.20 Å². The fourth-order valence-electron chi connectivity index (χ4n) is 3.12. The van der Waals surface area contributed by atoms with E-state index in [1.54, 1.807) is 14.0 Å². The van der Waals surface area contributed by atoms with Gasteiger partial charge in [0.25, 0.3) is 5.91 Å². The summed E-state index contributed by atoms with van der Waals surface area (Å²) in [7, 11) is 1.55. The van der Waals surface area contributed by atoms with Crippen LogP contribution in [0.5, 0.6) is 0 Å². The molecule has 0 saturated carbocycles. The lowest BCUT2D eigenvalue weighted by molar-refractivity contribution is 0.0540. The summed E-state index contributed by atoms with van der Waals surface area (Å²) in [6.45, 7) is 2.71. The number of aromatic carboxylic acids is 1. The van der Waals surface area contributed by atoms with Crippen LogP contribution in [0, 0.1) is 18.3 Å². The molecule has 2 aromatic heterocycles. The number of nitrogens with one attached hydrogen (secondary N) is 2. The van der Waals surface area contributed by atoms with E-state index in [9.17, 15) is 14.9 Å². The number of carbonyl (C=O) groups excluding carboxylic acids is 1. The number of rotatable bonds is 5. The highest BCUT2D eigenvalue weighted by molar-refractivity contribution is 7.17. The Bertz CT molecular complexity index is 950. The Kier molecular flexibility index (Phi) is 5.88. The molecule has 1 aliphatic heterocycles. The number of carboxylic acids is 1. The second-order valence-electron chi connectivity index (χ2n) is 6.33. The average Bonchev–Trinajstić information content (AvgIpc) is 3.28. The van der Waals surface area contributed by atoms with Crippen molar-refractivity contribution in [2.75, 3.05) is 25.1 Å². The number of halogens is 1. The highest BCUT2D eigenvalue weighted by Crippen LogP contribution is 2.27.